The maximum atomic E-state index is 5.41. The Balaban J connectivity index is 2.01. The lowest BCUT2D eigenvalue weighted by molar-refractivity contribution is -0.0496. The maximum absolute atomic E-state index is 5.41. The molecule has 0 aromatic heterocycles. The van der Waals surface area contributed by atoms with Crippen LogP contribution in [-0.2, 0) is 4.74 Å². The monoisotopic (exact) mass is 198 g/mol. The van der Waals surface area contributed by atoms with Crippen molar-refractivity contribution in [3.63, 3.8) is 0 Å². The van der Waals surface area contributed by atoms with E-state index in [1.54, 1.807) is 0 Å². The van der Waals surface area contributed by atoms with E-state index in [2.05, 4.69) is 17.3 Å². The zero-order valence-corrected chi connectivity index (χ0v) is 9.22. The summed E-state index contributed by atoms with van der Waals surface area (Å²) in [6.45, 7) is 4.01. The molecule has 1 aliphatic heterocycles. The third-order valence-corrected chi connectivity index (χ3v) is 3.76. The smallest absolute Gasteiger partial charge is 0.0711 e. The van der Waals surface area contributed by atoms with Crippen LogP contribution in [0, 0.1) is 0 Å². The van der Waals surface area contributed by atoms with Crippen LogP contribution in [0.15, 0.2) is 0 Å². The first-order valence-corrected chi connectivity index (χ1v) is 5.89. The van der Waals surface area contributed by atoms with E-state index in [9.17, 15) is 0 Å². The lowest BCUT2D eigenvalue weighted by atomic mass is 9.87. The molecule has 1 saturated heterocycles. The minimum Gasteiger partial charge on any atom is -0.379 e. The molecule has 1 N–H and O–H groups in total. The van der Waals surface area contributed by atoms with E-state index in [0.717, 1.165) is 26.3 Å². The van der Waals surface area contributed by atoms with Crippen molar-refractivity contribution in [2.24, 2.45) is 0 Å². The van der Waals surface area contributed by atoms with Gasteiger partial charge in [0.25, 0.3) is 0 Å². The molecule has 82 valence electrons. The molecular formula is C11H22N2O. The molecule has 2 fully saturated rings. The SMILES string of the molecule is CNC1(N2CCOCC2)CCCCC1. The van der Waals surface area contributed by atoms with Crippen LogP contribution < -0.4 is 5.32 Å². The van der Waals surface area contributed by atoms with E-state index in [1.807, 2.05) is 0 Å². The highest BCUT2D eigenvalue weighted by molar-refractivity contribution is 4.90. The molecule has 0 bridgehead atoms. The second-order valence-electron chi connectivity index (χ2n) is 4.44. The normalized spacial score (nSPS) is 28.9. The summed E-state index contributed by atoms with van der Waals surface area (Å²) in [7, 11) is 2.11. The Hall–Kier alpha value is -0.120. The Morgan fingerprint density at radius 3 is 2.29 bits per heavy atom. The summed E-state index contributed by atoms with van der Waals surface area (Å²) in [4.78, 5) is 2.59. The van der Waals surface area contributed by atoms with E-state index in [0.29, 0.717) is 5.66 Å². The highest BCUT2D eigenvalue weighted by atomic mass is 16.5. The first-order chi connectivity index (χ1) is 6.87. The van der Waals surface area contributed by atoms with Crippen molar-refractivity contribution in [3.8, 4) is 0 Å². The van der Waals surface area contributed by atoms with Gasteiger partial charge in [0.05, 0.1) is 18.9 Å². The van der Waals surface area contributed by atoms with Crippen molar-refractivity contribution in [2.45, 2.75) is 37.8 Å². The Kier molecular flexibility index (Phi) is 3.42. The molecule has 1 aliphatic carbocycles. The van der Waals surface area contributed by atoms with E-state index < -0.39 is 0 Å². The minimum atomic E-state index is 0.294. The second kappa shape index (κ2) is 4.60. The molecule has 0 aromatic carbocycles. The van der Waals surface area contributed by atoms with Crippen LogP contribution >= 0.6 is 0 Å². The van der Waals surface area contributed by atoms with Gasteiger partial charge in [-0.05, 0) is 19.9 Å². The first-order valence-electron chi connectivity index (χ1n) is 5.89. The van der Waals surface area contributed by atoms with Crippen LogP contribution in [0.25, 0.3) is 0 Å². The summed E-state index contributed by atoms with van der Waals surface area (Å²) in [5, 5.41) is 3.56. The van der Waals surface area contributed by atoms with E-state index in [4.69, 9.17) is 4.74 Å². The molecule has 1 heterocycles. The lowest BCUT2D eigenvalue weighted by Gasteiger charge is -2.47. The second-order valence-corrected chi connectivity index (χ2v) is 4.44. The molecule has 3 heteroatoms. The van der Waals surface area contributed by atoms with Crippen molar-refractivity contribution in [2.75, 3.05) is 33.4 Å². The lowest BCUT2D eigenvalue weighted by Crippen LogP contribution is -2.61. The van der Waals surface area contributed by atoms with E-state index >= 15 is 0 Å². The Morgan fingerprint density at radius 2 is 1.71 bits per heavy atom. The van der Waals surface area contributed by atoms with Gasteiger partial charge in [-0.2, -0.15) is 0 Å². The average Bonchev–Trinajstić information content (AvgIpc) is 2.31. The van der Waals surface area contributed by atoms with Crippen molar-refractivity contribution >= 4 is 0 Å². The fraction of sp³-hybridized carbons (Fsp3) is 1.00. The highest BCUT2D eigenvalue weighted by Gasteiger charge is 2.36. The van der Waals surface area contributed by atoms with Crippen molar-refractivity contribution in [3.05, 3.63) is 0 Å². The molecule has 2 rings (SSSR count). The van der Waals surface area contributed by atoms with Crippen LogP contribution in [0.1, 0.15) is 32.1 Å². The van der Waals surface area contributed by atoms with Gasteiger partial charge in [0.2, 0.25) is 0 Å². The molecule has 0 spiro atoms. The van der Waals surface area contributed by atoms with Crippen molar-refractivity contribution in [1.82, 2.24) is 10.2 Å². The van der Waals surface area contributed by atoms with Crippen molar-refractivity contribution < 1.29 is 4.74 Å². The average molecular weight is 198 g/mol. The molecular weight excluding hydrogens is 176 g/mol. The van der Waals surface area contributed by atoms with Crippen LogP contribution in [0.4, 0.5) is 0 Å². The summed E-state index contributed by atoms with van der Waals surface area (Å²) in [6, 6.07) is 0. The van der Waals surface area contributed by atoms with Gasteiger partial charge < -0.3 is 10.1 Å². The van der Waals surface area contributed by atoms with Crippen LogP contribution in [-0.4, -0.2) is 43.9 Å². The molecule has 0 aromatic rings. The topological polar surface area (TPSA) is 24.5 Å². The summed E-state index contributed by atoms with van der Waals surface area (Å²) >= 11 is 0. The van der Waals surface area contributed by atoms with Gasteiger partial charge in [-0.15, -0.1) is 0 Å². The molecule has 0 unspecified atom stereocenters. The first kappa shape index (κ1) is 10.4. The van der Waals surface area contributed by atoms with Gasteiger partial charge in [0.15, 0.2) is 0 Å². The standard InChI is InChI=1S/C11H22N2O/c1-12-11(5-3-2-4-6-11)13-7-9-14-10-8-13/h12H,2-10H2,1H3. The van der Waals surface area contributed by atoms with Crippen LogP contribution in [0.3, 0.4) is 0 Å². The largest absolute Gasteiger partial charge is 0.379 e. The number of nitrogens with zero attached hydrogens (tertiary/aromatic N) is 1. The number of morpholine rings is 1. The van der Waals surface area contributed by atoms with Gasteiger partial charge in [0.1, 0.15) is 0 Å². The number of hydrogen-bond donors (Lipinski definition) is 1. The highest BCUT2D eigenvalue weighted by Crippen LogP contribution is 2.31. The summed E-state index contributed by atoms with van der Waals surface area (Å²) in [6.07, 6.45) is 6.77. The molecule has 0 radical (unpaired) electrons. The van der Waals surface area contributed by atoms with Crippen molar-refractivity contribution in [1.29, 1.82) is 0 Å². The third-order valence-electron chi connectivity index (χ3n) is 3.76. The zero-order valence-electron chi connectivity index (χ0n) is 9.22. The van der Waals surface area contributed by atoms with Gasteiger partial charge in [0, 0.05) is 13.1 Å². The predicted molar refractivity (Wildman–Crippen MR) is 57.3 cm³/mol. The van der Waals surface area contributed by atoms with Crippen LogP contribution in [0.2, 0.25) is 0 Å². The predicted octanol–water partition coefficient (Wildman–Crippen LogP) is 1.20. The number of hydrogen-bond acceptors (Lipinski definition) is 3. The third kappa shape index (κ3) is 1.95. The molecule has 2 aliphatic rings. The number of rotatable bonds is 2. The van der Waals surface area contributed by atoms with E-state index in [-0.39, 0.29) is 0 Å². The summed E-state index contributed by atoms with van der Waals surface area (Å²) in [5.74, 6) is 0. The summed E-state index contributed by atoms with van der Waals surface area (Å²) in [5.41, 5.74) is 0.294. The molecule has 1 saturated carbocycles. The van der Waals surface area contributed by atoms with Gasteiger partial charge >= 0.3 is 0 Å². The molecule has 3 nitrogen and oxygen atoms in total. The summed E-state index contributed by atoms with van der Waals surface area (Å²) < 4.78 is 5.41. The fourth-order valence-corrected chi connectivity index (χ4v) is 2.85. The number of ether oxygens (including phenoxy) is 1. The maximum Gasteiger partial charge on any atom is 0.0711 e. The molecule has 14 heavy (non-hydrogen) atoms. The minimum absolute atomic E-state index is 0.294. The van der Waals surface area contributed by atoms with E-state index in [1.165, 1.54) is 32.1 Å². The van der Waals surface area contributed by atoms with Gasteiger partial charge in [-0.25, -0.2) is 0 Å². The Bertz CT molecular complexity index is 172. The molecule has 0 amide bonds. The van der Waals surface area contributed by atoms with Crippen LogP contribution in [0.5, 0.6) is 0 Å². The van der Waals surface area contributed by atoms with Gasteiger partial charge in [-0.3, -0.25) is 4.90 Å². The quantitative estimate of drug-likeness (QED) is 0.721. The Labute approximate surface area is 86.8 Å². The number of nitrogens with one attached hydrogen (secondary N) is 1. The molecule has 0 atom stereocenters. The Morgan fingerprint density at radius 1 is 1.07 bits per heavy atom. The zero-order chi connectivity index (χ0) is 9.86. The fourth-order valence-electron chi connectivity index (χ4n) is 2.85. The van der Waals surface area contributed by atoms with Gasteiger partial charge in [-0.1, -0.05) is 19.3 Å².